The van der Waals surface area contributed by atoms with E-state index in [9.17, 15) is 0 Å². The van der Waals surface area contributed by atoms with E-state index in [1.165, 1.54) is 18.4 Å². The first kappa shape index (κ1) is 13.6. The normalized spacial score (nSPS) is 10.6. The monoisotopic (exact) mass is 286 g/mol. The van der Waals surface area contributed by atoms with Crippen molar-refractivity contribution in [3.63, 3.8) is 0 Å². The van der Waals surface area contributed by atoms with Gasteiger partial charge in [0, 0.05) is 30.0 Å². The maximum atomic E-state index is 8.62. The van der Waals surface area contributed by atoms with Crippen LogP contribution >= 0.6 is 15.9 Å². The Kier molecular flexibility index (Phi) is 7.38. The molecule has 4 heteroatoms. The number of pyridine rings is 1. The van der Waals surface area contributed by atoms with E-state index < -0.39 is 0 Å². The number of aliphatic hydroxyl groups excluding tert-OH is 1. The first-order chi connectivity index (χ1) is 7.83. The SMILES string of the molecule is OCCCCCCNCc1cncc(Br)c1. The molecule has 1 aromatic rings. The second-order valence-electron chi connectivity index (χ2n) is 3.83. The third-order valence-corrected chi connectivity index (χ3v) is 2.79. The van der Waals surface area contributed by atoms with Gasteiger partial charge in [-0.15, -0.1) is 0 Å². The van der Waals surface area contributed by atoms with E-state index in [1.807, 2.05) is 6.20 Å². The molecule has 0 atom stereocenters. The van der Waals surface area contributed by atoms with Gasteiger partial charge in [-0.25, -0.2) is 0 Å². The quantitative estimate of drug-likeness (QED) is 0.722. The minimum atomic E-state index is 0.317. The fraction of sp³-hybridized carbons (Fsp3) is 0.583. The third-order valence-electron chi connectivity index (χ3n) is 2.35. The molecule has 16 heavy (non-hydrogen) atoms. The van der Waals surface area contributed by atoms with Crippen molar-refractivity contribution in [2.24, 2.45) is 0 Å². The number of nitrogens with one attached hydrogen (secondary N) is 1. The van der Waals surface area contributed by atoms with Crippen LogP contribution in [0.15, 0.2) is 22.9 Å². The highest BCUT2D eigenvalue weighted by atomic mass is 79.9. The predicted molar refractivity (Wildman–Crippen MR) is 69.2 cm³/mol. The molecule has 0 spiro atoms. The Morgan fingerprint density at radius 1 is 1.19 bits per heavy atom. The largest absolute Gasteiger partial charge is 0.396 e. The number of unbranched alkanes of at least 4 members (excludes halogenated alkanes) is 3. The van der Waals surface area contributed by atoms with E-state index in [4.69, 9.17) is 5.11 Å². The standard InChI is InChI=1S/C12H19BrN2O/c13-12-7-11(9-15-10-12)8-14-5-3-1-2-4-6-16/h7,9-10,14,16H,1-6,8H2. The van der Waals surface area contributed by atoms with Gasteiger partial charge in [-0.1, -0.05) is 12.8 Å². The van der Waals surface area contributed by atoms with Crippen molar-refractivity contribution in [3.8, 4) is 0 Å². The van der Waals surface area contributed by atoms with E-state index in [-0.39, 0.29) is 0 Å². The minimum Gasteiger partial charge on any atom is -0.396 e. The lowest BCUT2D eigenvalue weighted by Crippen LogP contribution is -2.14. The van der Waals surface area contributed by atoms with Crippen molar-refractivity contribution in [2.75, 3.05) is 13.2 Å². The van der Waals surface area contributed by atoms with Crippen molar-refractivity contribution in [3.05, 3.63) is 28.5 Å². The summed E-state index contributed by atoms with van der Waals surface area (Å²) in [4.78, 5) is 4.11. The summed E-state index contributed by atoms with van der Waals surface area (Å²) >= 11 is 3.40. The molecule has 0 saturated carbocycles. The molecule has 1 heterocycles. The molecular formula is C12H19BrN2O. The molecule has 0 fully saturated rings. The van der Waals surface area contributed by atoms with Crippen LogP contribution in [0.25, 0.3) is 0 Å². The summed E-state index contributed by atoms with van der Waals surface area (Å²) in [6, 6.07) is 2.08. The topological polar surface area (TPSA) is 45.1 Å². The summed E-state index contributed by atoms with van der Waals surface area (Å²) < 4.78 is 1.02. The van der Waals surface area contributed by atoms with Gasteiger partial charge in [0.15, 0.2) is 0 Å². The molecule has 90 valence electrons. The average molecular weight is 287 g/mol. The third kappa shape index (κ3) is 6.20. The number of aliphatic hydroxyl groups is 1. The molecule has 0 aliphatic heterocycles. The summed E-state index contributed by atoms with van der Waals surface area (Å²) in [7, 11) is 0. The summed E-state index contributed by atoms with van der Waals surface area (Å²) in [6.45, 7) is 2.21. The van der Waals surface area contributed by atoms with Crippen molar-refractivity contribution >= 4 is 15.9 Å². The van der Waals surface area contributed by atoms with Crippen molar-refractivity contribution < 1.29 is 5.11 Å². The number of halogens is 1. The molecule has 0 unspecified atom stereocenters. The van der Waals surface area contributed by atoms with Gasteiger partial charge in [0.1, 0.15) is 0 Å². The highest BCUT2D eigenvalue weighted by Crippen LogP contribution is 2.09. The first-order valence-electron chi connectivity index (χ1n) is 5.74. The molecule has 0 aliphatic rings. The zero-order valence-corrected chi connectivity index (χ0v) is 11.0. The minimum absolute atomic E-state index is 0.317. The maximum absolute atomic E-state index is 8.62. The number of rotatable bonds is 8. The fourth-order valence-electron chi connectivity index (χ4n) is 1.50. The lowest BCUT2D eigenvalue weighted by molar-refractivity contribution is 0.282. The Bertz CT molecular complexity index is 294. The van der Waals surface area contributed by atoms with Crippen molar-refractivity contribution in [1.29, 1.82) is 0 Å². The molecule has 0 radical (unpaired) electrons. The highest BCUT2D eigenvalue weighted by molar-refractivity contribution is 9.10. The van der Waals surface area contributed by atoms with Gasteiger partial charge in [0.2, 0.25) is 0 Å². The Morgan fingerprint density at radius 3 is 2.75 bits per heavy atom. The molecule has 0 aromatic carbocycles. The molecule has 3 nitrogen and oxygen atoms in total. The van der Waals surface area contributed by atoms with Crippen LogP contribution < -0.4 is 5.32 Å². The van der Waals surface area contributed by atoms with Gasteiger partial charge in [-0.05, 0) is 46.9 Å². The summed E-state index contributed by atoms with van der Waals surface area (Å²) in [5, 5.41) is 12.0. The number of hydrogen-bond acceptors (Lipinski definition) is 3. The Balaban J connectivity index is 2.03. The molecule has 1 rings (SSSR count). The lowest BCUT2D eigenvalue weighted by atomic mass is 10.2. The zero-order valence-electron chi connectivity index (χ0n) is 9.45. The second kappa shape index (κ2) is 8.67. The Morgan fingerprint density at radius 2 is 2.00 bits per heavy atom. The smallest absolute Gasteiger partial charge is 0.0431 e. The predicted octanol–water partition coefficient (Wildman–Crippen LogP) is 2.49. The second-order valence-corrected chi connectivity index (χ2v) is 4.74. The van der Waals surface area contributed by atoms with Gasteiger partial charge >= 0.3 is 0 Å². The summed E-state index contributed by atoms with van der Waals surface area (Å²) in [6.07, 6.45) is 8.07. The number of nitrogens with zero attached hydrogens (tertiary/aromatic N) is 1. The van der Waals surface area contributed by atoms with Gasteiger partial charge in [0.25, 0.3) is 0 Å². The van der Waals surface area contributed by atoms with E-state index in [2.05, 4.69) is 32.3 Å². The van der Waals surface area contributed by atoms with Gasteiger partial charge < -0.3 is 10.4 Å². The van der Waals surface area contributed by atoms with Crippen LogP contribution in [0.1, 0.15) is 31.2 Å². The zero-order chi connectivity index (χ0) is 11.6. The van der Waals surface area contributed by atoms with Crippen molar-refractivity contribution in [1.82, 2.24) is 10.3 Å². The van der Waals surface area contributed by atoms with Crippen LogP contribution in [-0.4, -0.2) is 23.2 Å². The van der Waals surface area contributed by atoms with Crippen LogP contribution in [0.5, 0.6) is 0 Å². The maximum Gasteiger partial charge on any atom is 0.0431 e. The molecule has 0 saturated heterocycles. The first-order valence-corrected chi connectivity index (χ1v) is 6.53. The molecular weight excluding hydrogens is 268 g/mol. The van der Waals surface area contributed by atoms with E-state index in [1.54, 1.807) is 6.20 Å². The van der Waals surface area contributed by atoms with Gasteiger partial charge in [-0.3, -0.25) is 4.98 Å². The van der Waals surface area contributed by atoms with Crippen LogP contribution in [0.3, 0.4) is 0 Å². The average Bonchev–Trinajstić information content (AvgIpc) is 2.28. The lowest BCUT2D eigenvalue weighted by Gasteiger charge is -2.04. The molecule has 1 aromatic heterocycles. The number of hydrogen-bond donors (Lipinski definition) is 2. The van der Waals surface area contributed by atoms with Gasteiger partial charge in [-0.2, -0.15) is 0 Å². The molecule has 2 N–H and O–H groups in total. The summed E-state index contributed by atoms with van der Waals surface area (Å²) in [5.41, 5.74) is 1.20. The van der Waals surface area contributed by atoms with E-state index in [0.717, 1.165) is 30.4 Å². The highest BCUT2D eigenvalue weighted by Gasteiger charge is 1.94. The Hall–Kier alpha value is -0.450. The summed E-state index contributed by atoms with van der Waals surface area (Å²) in [5.74, 6) is 0. The van der Waals surface area contributed by atoms with Crippen LogP contribution in [-0.2, 0) is 6.54 Å². The van der Waals surface area contributed by atoms with Crippen molar-refractivity contribution in [2.45, 2.75) is 32.2 Å². The van der Waals surface area contributed by atoms with E-state index >= 15 is 0 Å². The number of aromatic nitrogens is 1. The molecule has 0 aliphatic carbocycles. The van der Waals surface area contributed by atoms with Crippen LogP contribution in [0.2, 0.25) is 0 Å². The molecule has 0 bridgehead atoms. The fourth-order valence-corrected chi connectivity index (χ4v) is 1.91. The van der Waals surface area contributed by atoms with Crippen LogP contribution in [0, 0.1) is 0 Å². The Labute approximate surface area is 105 Å². The van der Waals surface area contributed by atoms with Crippen LogP contribution in [0.4, 0.5) is 0 Å². The van der Waals surface area contributed by atoms with E-state index in [0.29, 0.717) is 6.61 Å². The van der Waals surface area contributed by atoms with Gasteiger partial charge in [0.05, 0.1) is 0 Å². The molecule has 0 amide bonds.